The average molecular weight is 345 g/mol. The van der Waals surface area contributed by atoms with Crippen LogP contribution in [0.5, 0.6) is 0 Å². The molecule has 3 aliphatic carbocycles. The van der Waals surface area contributed by atoms with E-state index in [1.807, 2.05) is 0 Å². The van der Waals surface area contributed by atoms with Crippen LogP contribution < -0.4 is 0 Å². The maximum Gasteiger partial charge on any atom is -0.0234 e. The lowest BCUT2D eigenvalue weighted by Crippen LogP contribution is -2.02. The minimum atomic E-state index is 0.893. The van der Waals surface area contributed by atoms with E-state index in [4.69, 9.17) is 0 Å². The summed E-state index contributed by atoms with van der Waals surface area (Å²) in [7, 11) is 0. The molecule has 0 heterocycles. The first kappa shape index (κ1) is 19.5. The summed E-state index contributed by atoms with van der Waals surface area (Å²) in [4.78, 5) is 0. The van der Waals surface area contributed by atoms with Crippen LogP contribution in [-0.4, -0.2) is 0 Å². The van der Waals surface area contributed by atoms with Crippen LogP contribution >= 0.6 is 0 Å². The van der Waals surface area contributed by atoms with Gasteiger partial charge in [0.1, 0.15) is 0 Å². The summed E-state index contributed by atoms with van der Waals surface area (Å²) in [6.45, 7) is 0. The van der Waals surface area contributed by atoms with Crippen LogP contribution in [0.2, 0.25) is 0 Å². The largest absolute Gasteiger partial charge is 0.0880 e. The van der Waals surface area contributed by atoms with Crippen molar-refractivity contribution >= 4 is 0 Å². The standard InChI is InChI=1S/C25H44/c1-2-11-22(10-1)16-7-19-25(20-8-17-23-12-3-4-13-23)21-9-18-24-14-5-6-15-24/h7,19,22-25H,1-6,8-18,20-21H2. The van der Waals surface area contributed by atoms with Gasteiger partial charge in [-0.2, -0.15) is 0 Å². The molecule has 0 aromatic rings. The molecule has 0 bridgehead atoms. The second-order valence-electron chi connectivity index (χ2n) is 9.74. The third-order valence-electron chi connectivity index (χ3n) is 7.68. The summed E-state index contributed by atoms with van der Waals surface area (Å²) in [5, 5.41) is 0. The molecule has 0 aromatic heterocycles. The molecule has 0 spiro atoms. The lowest BCUT2D eigenvalue weighted by Gasteiger charge is -2.16. The van der Waals surface area contributed by atoms with E-state index in [1.54, 1.807) is 0 Å². The molecule has 0 aromatic carbocycles. The second-order valence-corrected chi connectivity index (χ2v) is 9.74. The highest BCUT2D eigenvalue weighted by Gasteiger charge is 2.17. The third kappa shape index (κ3) is 7.48. The molecule has 3 aliphatic rings. The van der Waals surface area contributed by atoms with Gasteiger partial charge in [0, 0.05) is 0 Å². The Morgan fingerprint density at radius 2 is 1.04 bits per heavy atom. The summed E-state index contributed by atoms with van der Waals surface area (Å²) in [5.74, 6) is 4.08. The molecule has 0 N–H and O–H groups in total. The molecule has 144 valence electrons. The predicted molar refractivity (Wildman–Crippen MR) is 111 cm³/mol. The van der Waals surface area contributed by atoms with Gasteiger partial charge in [-0.15, -0.1) is 0 Å². The Morgan fingerprint density at radius 1 is 0.600 bits per heavy atom. The van der Waals surface area contributed by atoms with Crippen molar-refractivity contribution < 1.29 is 0 Å². The predicted octanol–water partition coefficient (Wildman–Crippen LogP) is 8.46. The average Bonchev–Trinajstić information content (AvgIpc) is 3.38. The maximum atomic E-state index is 2.65. The summed E-state index contributed by atoms with van der Waals surface area (Å²) < 4.78 is 0. The normalized spacial score (nSPS) is 23.7. The SMILES string of the molecule is C(=CC(CCCC1CCCC1)CCCC1CCCC1)CC1CCCC1. The zero-order chi connectivity index (χ0) is 17.2. The Balaban J connectivity index is 1.36. The van der Waals surface area contributed by atoms with Crippen molar-refractivity contribution in [1.29, 1.82) is 0 Å². The third-order valence-corrected chi connectivity index (χ3v) is 7.68. The number of allylic oxidation sites excluding steroid dienone is 2. The summed E-state index contributed by atoms with van der Waals surface area (Å²) in [6.07, 6.45) is 33.7. The Labute approximate surface area is 158 Å². The monoisotopic (exact) mass is 344 g/mol. The number of hydrogen-bond donors (Lipinski definition) is 0. The molecular formula is C25H44. The molecule has 0 radical (unpaired) electrons. The van der Waals surface area contributed by atoms with E-state index in [-0.39, 0.29) is 0 Å². The Kier molecular flexibility index (Phi) is 8.93. The van der Waals surface area contributed by atoms with Crippen LogP contribution in [0.15, 0.2) is 12.2 Å². The first-order valence-electron chi connectivity index (χ1n) is 12.1. The van der Waals surface area contributed by atoms with Crippen LogP contribution in [0.4, 0.5) is 0 Å². The molecule has 3 rings (SSSR count). The van der Waals surface area contributed by atoms with Gasteiger partial charge in [0.15, 0.2) is 0 Å². The van der Waals surface area contributed by atoms with E-state index in [9.17, 15) is 0 Å². The van der Waals surface area contributed by atoms with Gasteiger partial charge in [-0.1, -0.05) is 115 Å². The van der Waals surface area contributed by atoms with Gasteiger partial charge in [-0.3, -0.25) is 0 Å². The van der Waals surface area contributed by atoms with Crippen molar-refractivity contribution in [3.05, 3.63) is 12.2 Å². The van der Waals surface area contributed by atoms with Crippen molar-refractivity contribution in [3.63, 3.8) is 0 Å². The molecule has 0 amide bonds. The minimum absolute atomic E-state index is 0.893. The highest BCUT2D eigenvalue weighted by Crippen LogP contribution is 2.33. The van der Waals surface area contributed by atoms with Gasteiger partial charge in [-0.05, 0) is 42.9 Å². The Hall–Kier alpha value is -0.260. The summed E-state index contributed by atoms with van der Waals surface area (Å²) in [5.41, 5.74) is 0. The Morgan fingerprint density at radius 3 is 1.52 bits per heavy atom. The van der Waals surface area contributed by atoms with Crippen molar-refractivity contribution in [2.45, 2.75) is 122 Å². The van der Waals surface area contributed by atoms with Crippen LogP contribution in [-0.2, 0) is 0 Å². The van der Waals surface area contributed by atoms with Crippen LogP contribution in [0.25, 0.3) is 0 Å². The molecule has 0 unspecified atom stereocenters. The Bertz CT molecular complexity index is 328. The zero-order valence-electron chi connectivity index (χ0n) is 16.9. The molecule has 0 nitrogen and oxygen atoms in total. The molecule has 0 aliphatic heterocycles. The smallest absolute Gasteiger partial charge is 0.0234 e. The van der Waals surface area contributed by atoms with Gasteiger partial charge >= 0.3 is 0 Å². The van der Waals surface area contributed by atoms with Crippen LogP contribution in [0.3, 0.4) is 0 Å². The molecule has 0 saturated heterocycles. The quantitative estimate of drug-likeness (QED) is 0.330. The van der Waals surface area contributed by atoms with Gasteiger partial charge < -0.3 is 0 Å². The van der Waals surface area contributed by atoms with Crippen molar-refractivity contribution in [2.75, 3.05) is 0 Å². The molecule has 3 fully saturated rings. The number of hydrogen-bond acceptors (Lipinski definition) is 0. The summed E-state index contributed by atoms with van der Waals surface area (Å²) >= 11 is 0. The van der Waals surface area contributed by atoms with E-state index < -0.39 is 0 Å². The maximum absolute atomic E-state index is 2.65. The fraction of sp³-hybridized carbons (Fsp3) is 0.920. The lowest BCUT2D eigenvalue weighted by atomic mass is 9.89. The fourth-order valence-electron chi connectivity index (χ4n) is 5.98. The van der Waals surface area contributed by atoms with Crippen molar-refractivity contribution in [1.82, 2.24) is 0 Å². The topological polar surface area (TPSA) is 0 Å². The first-order valence-corrected chi connectivity index (χ1v) is 12.1. The number of rotatable bonds is 11. The van der Waals surface area contributed by atoms with Crippen molar-refractivity contribution in [2.24, 2.45) is 23.7 Å². The van der Waals surface area contributed by atoms with E-state index in [2.05, 4.69) is 12.2 Å². The lowest BCUT2D eigenvalue weighted by molar-refractivity contribution is 0.404. The molecule has 3 saturated carbocycles. The minimum Gasteiger partial charge on any atom is -0.0880 e. The first-order chi connectivity index (χ1) is 12.4. The molecule has 25 heavy (non-hydrogen) atoms. The fourth-order valence-corrected chi connectivity index (χ4v) is 5.98. The van der Waals surface area contributed by atoms with Gasteiger partial charge in [0.2, 0.25) is 0 Å². The molecule has 0 heteroatoms. The molecule has 0 atom stereocenters. The van der Waals surface area contributed by atoms with E-state index in [1.165, 1.54) is 122 Å². The highest BCUT2D eigenvalue weighted by atomic mass is 14.2. The van der Waals surface area contributed by atoms with Crippen LogP contribution in [0.1, 0.15) is 122 Å². The zero-order valence-corrected chi connectivity index (χ0v) is 16.9. The van der Waals surface area contributed by atoms with Crippen molar-refractivity contribution in [3.8, 4) is 0 Å². The highest BCUT2D eigenvalue weighted by molar-refractivity contribution is 4.91. The van der Waals surface area contributed by atoms with Gasteiger partial charge in [0.05, 0.1) is 0 Å². The van der Waals surface area contributed by atoms with E-state index >= 15 is 0 Å². The van der Waals surface area contributed by atoms with Gasteiger partial charge in [-0.25, -0.2) is 0 Å². The van der Waals surface area contributed by atoms with E-state index in [0.717, 1.165) is 23.7 Å². The van der Waals surface area contributed by atoms with Crippen LogP contribution in [0, 0.1) is 23.7 Å². The van der Waals surface area contributed by atoms with Gasteiger partial charge in [0.25, 0.3) is 0 Å². The second kappa shape index (κ2) is 11.5. The summed E-state index contributed by atoms with van der Waals surface area (Å²) in [6, 6.07) is 0. The van der Waals surface area contributed by atoms with E-state index in [0.29, 0.717) is 0 Å². The molecular weight excluding hydrogens is 300 g/mol.